The third-order valence-electron chi connectivity index (χ3n) is 6.94. The van der Waals surface area contributed by atoms with Crippen LogP contribution >= 0.6 is 0 Å². The second-order valence-electron chi connectivity index (χ2n) is 12.1. The average Bonchev–Trinajstić information content (AvgIpc) is 3.30. The van der Waals surface area contributed by atoms with E-state index >= 15 is 0 Å². The van der Waals surface area contributed by atoms with Crippen molar-refractivity contribution in [2.75, 3.05) is 24.5 Å². The van der Waals surface area contributed by atoms with E-state index in [1.165, 1.54) is 0 Å². The van der Waals surface area contributed by atoms with Crippen molar-refractivity contribution in [2.24, 2.45) is 11.8 Å². The van der Waals surface area contributed by atoms with Gasteiger partial charge in [-0.2, -0.15) is 0 Å². The molecule has 3 rings (SSSR count). The highest BCUT2D eigenvalue weighted by Crippen LogP contribution is 2.36. The molecular formula is C25H42BN5O5. The van der Waals surface area contributed by atoms with Gasteiger partial charge in [-0.05, 0) is 66.7 Å². The smallest absolute Gasteiger partial charge is 0.444 e. The molecule has 0 saturated carbocycles. The third kappa shape index (κ3) is 6.88. The van der Waals surface area contributed by atoms with Crippen LogP contribution in [-0.4, -0.2) is 71.6 Å². The van der Waals surface area contributed by atoms with Crippen LogP contribution in [0.1, 0.15) is 68.7 Å². The summed E-state index contributed by atoms with van der Waals surface area (Å²) < 4.78 is 17.5. The van der Waals surface area contributed by atoms with Gasteiger partial charge in [-0.15, -0.1) is 0 Å². The third-order valence-corrected chi connectivity index (χ3v) is 6.94. The maximum atomic E-state index is 12.8. The van der Waals surface area contributed by atoms with Gasteiger partial charge in [0.15, 0.2) is 0 Å². The summed E-state index contributed by atoms with van der Waals surface area (Å²) in [6.45, 7) is 19.3. The van der Waals surface area contributed by atoms with Crippen LogP contribution in [0, 0.1) is 11.8 Å². The van der Waals surface area contributed by atoms with Gasteiger partial charge in [0.1, 0.15) is 11.6 Å². The van der Waals surface area contributed by atoms with Gasteiger partial charge in [0.2, 0.25) is 11.9 Å². The summed E-state index contributed by atoms with van der Waals surface area (Å²) in [4.78, 5) is 36.2. The van der Waals surface area contributed by atoms with Crippen LogP contribution in [0.15, 0.2) is 12.4 Å². The molecule has 1 aromatic heterocycles. The number of anilines is 1. The lowest BCUT2D eigenvalue weighted by atomic mass is 9.81. The molecule has 1 aromatic rings. The zero-order chi connectivity index (χ0) is 26.9. The first-order valence-corrected chi connectivity index (χ1v) is 12.8. The van der Waals surface area contributed by atoms with E-state index in [2.05, 4.69) is 25.5 Å². The van der Waals surface area contributed by atoms with Crippen LogP contribution in [0.5, 0.6) is 0 Å². The number of nitrogens with zero attached hydrogens (tertiary/aromatic N) is 3. The van der Waals surface area contributed by atoms with E-state index in [1.54, 1.807) is 33.2 Å². The Morgan fingerprint density at radius 3 is 2.28 bits per heavy atom. The van der Waals surface area contributed by atoms with Crippen molar-refractivity contribution >= 4 is 30.5 Å². The first kappa shape index (κ1) is 28.2. The van der Waals surface area contributed by atoms with Gasteiger partial charge in [-0.1, -0.05) is 13.8 Å². The van der Waals surface area contributed by atoms with E-state index in [9.17, 15) is 9.59 Å². The molecule has 36 heavy (non-hydrogen) atoms. The minimum atomic E-state index is -0.664. The van der Waals surface area contributed by atoms with Gasteiger partial charge in [0.25, 0.3) is 0 Å². The molecule has 0 radical (unpaired) electrons. The van der Waals surface area contributed by atoms with Gasteiger partial charge in [-0.3, -0.25) is 4.79 Å². The molecule has 2 N–H and O–H groups in total. The number of hydrogen-bond donors (Lipinski definition) is 2. The minimum Gasteiger partial charge on any atom is -0.444 e. The monoisotopic (exact) mass is 503 g/mol. The highest BCUT2D eigenvalue weighted by Gasteiger charge is 2.52. The summed E-state index contributed by atoms with van der Waals surface area (Å²) in [7, 11) is -0.492. The minimum absolute atomic E-state index is 0.0755. The van der Waals surface area contributed by atoms with Crippen molar-refractivity contribution in [1.82, 2.24) is 20.6 Å². The molecule has 11 heteroatoms. The Labute approximate surface area is 215 Å². The van der Waals surface area contributed by atoms with E-state index in [1.807, 2.05) is 41.5 Å². The molecule has 3 heterocycles. The highest BCUT2D eigenvalue weighted by atomic mass is 16.7. The molecular weight excluding hydrogens is 461 g/mol. The molecule has 0 spiro atoms. The van der Waals surface area contributed by atoms with Gasteiger partial charge in [-0.25, -0.2) is 14.8 Å². The Balaban J connectivity index is 1.50. The summed E-state index contributed by atoms with van der Waals surface area (Å²) >= 11 is 0. The maximum absolute atomic E-state index is 12.8. The Bertz CT molecular complexity index is 916. The topological polar surface area (TPSA) is 115 Å². The number of ether oxygens (including phenoxy) is 1. The molecule has 2 amide bonds. The zero-order valence-corrected chi connectivity index (χ0v) is 23.2. The molecule has 200 valence electrons. The summed E-state index contributed by atoms with van der Waals surface area (Å²) in [6.07, 6.45) is 3.84. The molecule has 0 bridgehead atoms. The number of alkyl carbamates (subject to hydrolysis) is 1. The SMILES string of the molecule is CC(C)C(NC(=O)OC(C)(C)C)C(=O)NCC1CCN(c2ncc(B3OC(C)(C)C(C)(C)O3)cn2)C1. The number of carbonyl (C=O) groups excluding carboxylic acids is 2. The molecule has 2 unspecified atom stereocenters. The van der Waals surface area contributed by atoms with E-state index < -0.39 is 36.1 Å². The lowest BCUT2D eigenvalue weighted by Gasteiger charge is -2.32. The lowest BCUT2D eigenvalue weighted by molar-refractivity contribution is -0.124. The quantitative estimate of drug-likeness (QED) is 0.545. The van der Waals surface area contributed by atoms with Crippen molar-refractivity contribution in [3.63, 3.8) is 0 Å². The van der Waals surface area contributed by atoms with Gasteiger partial charge < -0.3 is 29.6 Å². The summed E-state index contributed by atoms with van der Waals surface area (Å²) in [6, 6.07) is -0.664. The lowest BCUT2D eigenvalue weighted by Crippen LogP contribution is -2.51. The van der Waals surface area contributed by atoms with Crippen LogP contribution in [0.25, 0.3) is 0 Å². The van der Waals surface area contributed by atoms with E-state index in [0.717, 1.165) is 25.0 Å². The van der Waals surface area contributed by atoms with Gasteiger partial charge in [0.05, 0.1) is 11.2 Å². The molecule has 2 aliphatic heterocycles. The fraction of sp³-hybridized carbons (Fsp3) is 0.760. The Kier molecular flexibility index (Phi) is 8.25. The van der Waals surface area contributed by atoms with Crippen molar-refractivity contribution in [1.29, 1.82) is 0 Å². The number of amides is 2. The summed E-state index contributed by atoms with van der Waals surface area (Å²) in [5, 5.41) is 5.70. The van der Waals surface area contributed by atoms with E-state index in [4.69, 9.17) is 14.0 Å². The molecule has 2 atom stereocenters. The predicted molar refractivity (Wildman–Crippen MR) is 139 cm³/mol. The van der Waals surface area contributed by atoms with E-state index in [0.29, 0.717) is 12.5 Å². The van der Waals surface area contributed by atoms with Crippen LogP contribution in [0.4, 0.5) is 10.7 Å². The molecule has 2 aliphatic rings. The molecule has 0 aliphatic carbocycles. The first-order chi connectivity index (χ1) is 16.6. The Morgan fingerprint density at radius 1 is 1.17 bits per heavy atom. The van der Waals surface area contributed by atoms with Crippen molar-refractivity contribution in [3.8, 4) is 0 Å². The predicted octanol–water partition coefficient (Wildman–Crippen LogP) is 2.27. The van der Waals surface area contributed by atoms with Crippen LogP contribution in [0.2, 0.25) is 0 Å². The number of nitrogens with one attached hydrogen (secondary N) is 2. The van der Waals surface area contributed by atoms with Crippen molar-refractivity contribution in [2.45, 2.75) is 91.6 Å². The standard InChI is InChI=1S/C25H42BN5O5/c1-16(2)19(30-22(33)34-23(3,4)5)20(32)27-12-17-10-11-31(15-17)21-28-13-18(14-29-21)26-35-24(6,7)25(8,9)36-26/h13-14,16-17,19H,10-12,15H2,1-9H3,(H,27,32)(H,30,33). The normalized spacial score (nSPS) is 22.0. The maximum Gasteiger partial charge on any atom is 0.498 e. The Morgan fingerprint density at radius 2 is 1.75 bits per heavy atom. The number of aromatic nitrogens is 2. The van der Waals surface area contributed by atoms with Gasteiger partial charge in [0, 0.05) is 37.5 Å². The number of carbonyl (C=O) groups is 2. The van der Waals surface area contributed by atoms with Crippen LogP contribution < -0.4 is 21.0 Å². The fourth-order valence-electron chi connectivity index (χ4n) is 4.10. The summed E-state index contributed by atoms with van der Waals surface area (Å²) in [5.41, 5.74) is -0.669. The second-order valence-corrected chi connectivity index (χ2v) is 12.1. The van der Waals surface area contributed by atoms with Crippen molar-refractivity contribution < 1.29 is 23.6 Å². The van der Waals surface area contributed by atoms with E-state index in [-0.39, 0.29) is 17.7 Å². The van der Waals surface area contributed by atoms with Crippen LogP contribution in [-0.2, 0) is 18.8 Å². The number of hydrogen-bond acceptors (Lipinski definition) is 8. The largest absolute Gasteiger partial charge is 0.498 e. The van der Waals surface area contributed by atoms with Crippen LogP contribution in [0.3, 0.4) is 0 Å². The summed E-state index contributed by atoms with van der Waals surface area (Å²) in [5.74, 6) is 0.621. The molecule has 2 fully saturated rings. The first-order valence-electron chi connectivity index (χ1n) is 12.8. The van der Waals surface area contributed by atoms with Gasteiger partial charge >= 0.3 is 13.2 Å². The van der Waals surface area contributed by atoms with Crippen molar-refractivity contribution in [3.05, 3.63) is 12.4 Å². The molecule has 10 nitrogen and oxygen atoms in total. The Hall–Kier alpha value is -2.40. The molecule has 2 saturated heterocycles. The highest BCUT2D eigenvalue weighted by molar-refractivity contribution is 6.61. The number of rotatable bonds is 7. The zero-order valence-electron chi connectivity index (χ0n) is 23.2. The second kappa shape index (κ2) is 10.5. The average molecular weight is 503 g/mol. The molecule has 0 aromatic carbocycles. The fourth-order valence-corrected chi connectivity index (χ4v) is 4.10.